The summed E-state index contributed by atoms with van der Waals surface area (Å²) in [6.45, 7) is 4.14. The minimum Gasteiger partial charge on any atom is -0.375 e. The molecular formula is C25H21ClN2O5. The van der Waals surface area contributed by atoms with Crippen LogP contribution in [0, 0.1) is 24.0 Å². The van der Waals surface area contributed by atoms with Crippen molar-refractivity contribution in [1.82, 2.24) is 0 Å². The smallest absolute Gasteiger partial charge is 0.270 e. The van der Waals surface area contributed by atoms with Crippen molar-refractivity contribution in [2.75, 3.05) is 4.90 Å². The van der Waals surface area contributed by atoms with E-state index in [-0.39, 0.29) is 23.4 Å². The van der Waals surface area contributed by atoms with Crippen LogP contribution in [0.2, 0.25) is 5.02 Å². The Hall–Kier alpha value is -3.55. The van der Waals surface area contributed by atoms with Gasteiger partial charge in [-0.15, -0.1) is 0 Å². The fourth-order valence-electron chi connectivity index (χ4n) is 4.17. The average Bonchev–Trinajstić information content (AvgIpc) is 2.97. The molecule has 1 unspecified atom stereocenters. The van der Waals surface area contributed by atoms with Crippen LogP contribution in [-0.4, -0.2) is 21.7 Å². The largest absolute Gasteiger partial charge is 0.375 e. The third-order valence-electron chi connectivity index (χ3n) is 5.92. The summed E-state index contributed by atoms with van der Waals surface area (Å²) >= 11 is 6.16. The predicted octanol–water partition coefficient (Wildman–Crippen LogP) is 4.87. The van der Waals surface area contributed by atoms with Crippen LogP contribution < -0.4 is 4.90 Å². The van der Waals surface area contributed by atoms with Crippen LogP contribution in [0.5, 0.6) is 0 Å². The first-order valence-corrected chi connectivity index (χ1v) is 10.7. The van der Waals surface area contributed by atoms with Gasteiger partial charge in [0.25, 0.3) is 11.6 Å². The number of carbonyl (C=O) groups excluding carboxylic acids is 2. The lowest BCUT2D eigenvalue weighted by Gasteiger charge is -2.23. The van der Waals surface area contributed by atoms with Gasteiger partial charge in [-0.25, -0.2) is 0 Å². The second kappa shape index (κ2) is 8.42. The third kappa shape index (κ3) is 4.13. The highest BCUT2D eigenvalue weighted by molar-refractivity contribution is 6.31. The van der Waals surface area contributed by atoms with Crippen LogP contribution in [0.4, 0.5) is 11.4 Å². The molecule has 1 heterocycles. The highest BCUT2D eigenvalue weighted by atomic mass is 35.5. The highest BCUT2D eigenvalue weighted by Crippen LogP contribution is 2.45. The number of non-ortho nitro benzene ring substituents is 1. The number of nitro groups is 1. The summed E-state index contributed by atoms with van der Waals surface area (Å²) < 4.78 is 0. The molecule has 0 aromatic heterocycles. The molecular weight excluding hydrogens is 444 g/mol. The number of benzene rings is 3. The Balaban J connectivity index is 1.71. The Kier molecular flexibility index (Phi) is 5.78. The molecule has 7 nitrogen and oxygen atoms in total. The lowest BCUT2D eigenvalue weighted by atomic mass is 9.88. The molecule has 0 aliphatic carbocycles. The molecule has 3 aromatic rings. The van der Waals surface area contributed by atoms with Gasteiger partial charge < -0.3 is 10.0 Å². The number of rotatable bonds is 6. The molecule has 0 radical (unpaired) electrons. The summed E-state index contributed by atoms with van der Waals surface area (Å²) in [6, 6.07) is 15.9. The van der Waals surface area contributed by atoms with Crippen molar-refractivity contribution in [1.29, 1.82) is 0 Å². The van der Waals surface area contributed by atoms with E-state index >= 15 is 0 Å². The molecule has 168 valence electrons. The average molecular weight is 465 g/mol. The van der Waals surface area contributed by atoms with Crippen LogP contribution in [0.15, 0.2) is 60.7 Å². The molecule has 0 saturated heterocycles. The Morgan fingerprint density at radius 2 is 1.88 bits per heavy atom. The van der Waals surface area contributed by atoms with E-state index in [1.165, 1.54) is 29.2 Å². The molecule has 0 spiro atoms. The van der Waals surface area contributed by atoms with Crippen molar-refractivity contribution in [3.05, 3.63) is 104 Å². The molecule has 1 N–H and O–H groups in total. The number of aliphatic hydroxyl groups is 1. The summed E-state index contributed by atoms with van der Waals surface area (Å²) in [5.41, 5.74) is 1.37. The SMILES string of the molecule is Cc1ccc(CN2C(=O)C(O)(CC(=O)c3cccc([N+](=O)[O-])c3)c3cc(Cl)ccc32)c(C)c1. The number of hydrogen-bond donors (Lipinski definition) is 1. The molecule has 1 aliphatic heterocycles. The van der Waals surface area contributed by atoms with E-state index in [9.17, 15) is 24.8 Å². The maximum absolute atomic E-state index is 13.5. The predicted molar refractivity (Wildman–Crippen MR) is 124 cm³/mol. The van der Waals surface area contributed by atoms with Crippen molar-refractivity contribution in [3.63, 3.8) is 0 Å². The van der Waals surface area contributed by atoms with Gasteiger partial charge >= 0.3 is 0 Å². The first kappa shape index (κ1) is 22.6. The first-order valence-electron chi connectivity index (χ1n) is 10.3. The van der Waals surface area contributed by atoms with E-state index in [4.69, 9.17) is 11.6 Å². The number of ketones is 1. The molecule has 1 atom stereocenters. The van der Waals surface area contributed by atoms with Crippen LogP contribution >= 0.6 is 11.6 Å². The van der Waals surface area contributed by atoms with Gasteiger partial charge in [0.15, 0.2) is 11.4 Å². The van der Waals surface area contributed by atoms with E-state index in [2.05, 4.69) is 0 Å². The summed E-state index contributed by atoms with van der Waals surface area (Å²) in [7, 11) is 0. The van der Waals surface area contributed by atoms with Crippen molar-refractivity contribution in [2.45, 2.75) is 32.4 Å². The van der Waals surface area contributed by atoms with Gasteiger partial charge in [0.2, 0.25) is 0 Å². The van der Waals surface area contributed by atoms with Gasteiger partial charge in [0, 0.05) is 28.3 Å². The number of Topliss-reactive ketones (excluding diaryl/α,β-unsaturated/α-hetero) is 1. The number of nitrogens with zero attached hydrogens (tertiary/aromatic N) is 2. The van der Waals surface area contributed by atoms with Gasteiger partial charge in [-0.3, -0.25) is 19.7 Å². The molecule has 0 bridgehead atoms. The summed E-state index contributed by atoms with van der Waals surface area (Å²) in [5.74, 6) is -1.23. The molecule has 8 heteroatoms. The topological polar surface area (TPSA) is 101 Å². The van der Waals surface area contributed by atoms with Crippen LogP contribution in [0.3, 0.4) is 0 Å². The van der Waals surface area contributed by atoms with Gasteiger partial charge in [0.1, 0.15) is 0 Å². The fourth-order valence-corrected chi connectivity index (χ4v) is 4.34. The molecule has 0 saturated carbocycles. The number of carbonyl (C=O) groups is 2. The molecule has 3 aromatic carbocycles. The Labute approximate surface area is 195 Å². The normalized spacial score (nSPS) is 17.2. The van der Waals surface area contributed by atoms with Gasteiger partial charge in [-0.05, 0) is 43.2 Å². The van der Waals surface area contributed by atoms with E-state index in [1.807, 2.05) is 32.0 Å². The number of aryl methyl sites for hydroxylation is 2. The lowest BCUT2D eigenvalue weighted by molar-refractivity contribution is -0.384. The number of amides is 1. The number of anilines is 1. The monoisotopic (exact) mass is 464 g/mol. The van der Waals surface area contributed by atoms with Gasteiger partial charge in [-0.2, -0.15) is 0 Å². The zero-order chi connectivity index (χ0) is 23.9. The Morgan fingerprint density at radius 3 is 2.58 bits per heavy atom. The van der Waals surface area contributed by atoms with E-state index in [0.29, 0.717) is 10.7 Å². The molecule has 1 amide bonds. The quantitative estimate of drug-likeness (QED) is 0.318. The number of fused-ring (bicyclic) bond motifs is 1. The molecule has 33 heavy (non-hydrogen) atoms. The van der Waals surface area contributed by atoms with E-state index in [0.717, 1.165) is 22.8 Å². The number of nitro benzene ring substituents is 1. The van der Waals surface area contributed by atoms with Crippen LogP contribution in [0.1, 0.15) is 39.0 Å². The molecule has 4 rings (SSSR count). The minimum atomic E-state index is -2.14. The van der Waals surface area contributed by atoms with Crippen molar-refractivity contribution in [2.24, 2.45) is 0 Å². The zero-order valence-electron chi connectivity index (χ0n) is 18.0. The second-order valence-electron chi connectivity index (χ2n) is 8.25. The van der Waals surface area contributed by atoms with Crippen molar-refractivity contribution < 1.29 is 19.6 Å². The molecule has 1 aliphatic rings. The summed E-state index contributed by atoms with van der Waals surface area (Å²) in [6.07, 6.45) is -0.566. The van der Waals surface area contributed by atoms with Crippen molar-refractivity contribution >= 4 is 34.7 Å². The minimum absolute atomic E-state index is 0.0434. The van der Waals surface area contributed by atoms with Crippen LogP contribution in [0.25, 0.3) is 0 Å². The molecule has 0 fully saturated rings. The highest BCUT2D eigenvalue weighted by Gasteiger charge is 2.51. The summed E-state index contributed by atoms with van der Waals surface area (Å²) in [4.78, 5) is 38.4. The first-order chi connectivity index (χ1) is 15.6. The Morgan fingerprint density at radius 1 is 1.12 bits per heavy atom. The maximum Gasteiger partial charge on any atom is 0.270 e. The fraction of sp³-hybridized carbons (Fsp3) is 0.200. The van der Waals surface area contributed by atoms with E-state index in [1.54, 1.807) is 12.1 Å². The summed E-state index contributed by atoms with van der Waals surface area (Å²) in [5, 5.41) is 22.9. The standard InChI is InChI=1S/C25H21ClN2O5/c1-15-6-7-18(16(2)10-15)14-27-22-9-8-19(26)12-21(22)25(31,24(27)30)13-23(29)17-4-3-5-20(11-17)28(32)33/h3-12,31H,13-14H2,1-2H3. The van der Waals surface area contributed by atoms with Gasteiger partial charge in [-0.1, -0.05) is 47.5 Å². The zero-order valence-corrected chi connectivity index (χ0v) is 18.8. The number of hydrogen-bond acceptors (Lipinski definition) is 5. The van der Waals surface area contributed by atoms with E-state index < -0.39 is 28.6 Å². The third-order valence-corrected chi connectivity index (χ3v) is 6.15. The van der Waals surface area contributed by atoms with Crippen LogP contribution in [-0.2, 0) is 16.9 Å². The number of halogens is 1. The second-order valence-corrected chi connectivity index (χ2v) is 8.69. The van der Waals surface area contributed by atoms with Crippen molar-refractivity contribution in [3.8, 4) is 0 Å². The lowest BCUT2D eigenvalue weighted by Crippen LogP contribution is -2.41. The Bertz CT molecular complexity index is 1310. The maximum atomic E-state index is 13.5. The van der Waals surface area contributed by atoms with Gasteiger partial charge in [0.05, 0.1) is 23.6 Å².